The van der Waals surface area contributed by atoms with Crippen molar-refractivity contribution < 1.29 is 37.0 Å². The Hall–Kier alpha value is 0.220. The molecular formula is C16H38O8P2. The van der Waals surface area contributed by atoms with Crippen molar-refractivity contribution in [3.8, 4) is 0 Å². The molecule has 0 aliphatic rings. The minimum atomic E-state index is -4.20. The lowest BCUT2D eigenvalue weighted by atomic mass is 10.4. The van der Waals surface area contributed by atoms with Crippen LogP contribution in [0, 0.1) is 0 Å². The maximum absolute atomic E-state index is 12.2. The maximum atomic E-state index is 12.2. The fourth-order valence-corrected chi connectivity index (χ4v) is 3.05. The summed E-state index contributed by atoms with van der Waals surface area (Å²) >= 11 is 0. The molecule has 0 bridgehead atoms. The first-order valence-corrected chi connectivity index (χ1v) is 12.5. The lowest BCUT2D eigenvalue weighted by molar-refractivity contribution is 0.110. The minimum Gasteiger partial charge on any atom is -0.303 e. The van der Waals surface area contributed by atoms with Gasteiger partial charge >= 0.3 is 15.6 Å². The number of rotatable bonds is 16. The van der Waals surface area contributed by atoms with Crippen LogP contribution in [0.15, 0.2) is 0 Å². The first kappa shape index (κ1) is 28.4. The zero-order valence-corrected chi connectivity index (χ0v) is 18.5. The number of phosphoric acid groups is 2. The van der Waals surface area contributed by atoms with Gasteiger partial charge in [-0.2, -0.15) is 0 Å². The van der Waals surface area contributed by atoms with Crippen LogP contribution in [0.2, 0.25) is 0 Å². The summed E-state index contributed by atoms with van der Waals surface area (Å²) in [7, 11) is -7.50. The van der Waals surface area contributed by atoms with Crippen LogP contribution in [0.4, 0.5) is 0 Å². The normalized spacial score (nSPS) is 11.9. The van der Waals surface area contributed by atoms with Gasteiger partial charge < -0.3 is 9.79 Å². The van der Waals surface area contributed by atoms with Crippen molar-refractivity contribution >= 4 is 15.6 Å². The Balaban J connectivity index is 0. The van der Waals surface area contributed by atoms with Gasteiger partial charge in [0.05, 0.1) is 26.4 Å². The van der Waals surface area contributed by atoms with Crippen molar-refractivity contribution in [2.24, 2.45) is 0 Å². The van der Waals surface area contributed by atoms with E-state index < -0.39 is 15.6 Å². The van der Waals surface area contributed by atoms with Crippen molar-refractivity contribution in [2.75, 3.05) is 26.4 Å². The van der Waals surface area contributed by atoms with E-state index in [-0.39, 0.29) is 6.61 Å². The highest BCUT2D eigenvalue weighted by atomic mass is 31.2. The molecule has 0 aromatic heterocycles. The van der Waals surface area contributed by atoms with Crippen LogP contribution in [0.3, 0.4) is 0 Å². The van der Waals surface area contributed by atoms with Gasteiger partial charge in [-0.05, 0) is 25.7 Å². The molecule has 2 N–H and O–H groups in total. The lowest BCUT2D eigenvalue weighted by Gasteiger charge is -2.17. The van der Waals surface area contributed by atoms with E-state index in [1.807, 2.05) is 6.92 Å². The van der Waals surface area contributed by atoms with E-state index in [1.54, 1.807) is 0 Å². The third kappa shape index (κ3) is 22.3. The van der Waals surface area contributed by atoms with Crippen molar-refractivity contribution in [2.45, 2.75) is 79.1 Å². The molecule has 0 heterocycles. The highest BCUT2D eigenvalue weighted by Gasteiger charge is 2.25. The molecule has 160 valence electrons. The van der Waals surface area contributed by atoms with Crippen molar-refractivity contribution in [1.82, 2.24) is 0 Å². The van der Waals surface area contributed by atoms with Gasteiger partial charge in [0.25, 0.3) is 0 Å². The Bertz CT molecular complexity index is 353. The first-order valence-electron chi connectivity index (χ1n) is 9.48. The molecule has 0 saturated carbocycles. The number of unbranched alkanes of at least 4 members (excludes halogenated alkanes) is 4. The molecule has 26 heavy (non-hydrogen) atoms. The summed E-state index contributed by atoms with van der Waals surface area (Å²) in [5, 5.41) is 0. The van der Waals surface area contributed by atoms with Crippen LogP contribution in [0.1, 0.15) is 79.1 Å². The van der Waals surface area contributed by atoms with Gasteiger partial charge in [0.2, 0.25) is 0 Å². The standard InChI is InChI=1S/C12H27O4P.C4H11O4P/c1-4-7-10-14-17(13,15-11-8-5-2)16-12-9-6-3;1-2-3-4-8-9(5,6)7/h4-12H2,1-3H3;2-4H2,1H3,(H2,5,6,7). The van der Waals surface area contributed by atoms with E-state index >= 15 is 0 Å². The van der Waals surface area contributed by atoms with Gasteiger partial charge in [0.1, 0.15) is 0 Å². The van der Waals surface area contributed by atoms with Gasteiger partial charge in [0, 0.05) is 0 Å². The SMILES string of the molecule is CCCCOP(=O)(O)O.CCCCOP(=O)(OCCCC)OCCCC. The van der Waals surface area contributed by atoms with Crippen LogP contribution >= 0.6 is 15.6 Å². The molecule has 0 unspecified atom stereocenters. The van der Waals surface area contributed by atoms with Gasteiger partial charge in [-0.25, -0.2) is 9.13 Å². The lowest BCUT2D eigenvalue weighted by Crippen LogP contribution is -2.03. The number of phosphoric ester groups is 2. The molecule has 10 heteroatoms. The molecular weight excluding hydrogens is 382 g/mol. The molecule has 0 fully saturated rings. The molecule has 0 aromatic rings. The van der Waals surface area contributed by atoms with E-state index in [0.717, 1.165) is 44.9 Å². The number of hydrogen-bond donors (Lipinski definition) is 2. The quantitative estimate of drug-likeness (QED) is 0.251. The largest absolute Gasteiger partial charge is 0.474 e. The molecule has 0 rings (SSSR count). The molecule has 0 atom stereocenters. The van der Waals surface area contributed by atoms with Gasteiger partial charge in [-0.3, -0.25) is 18.1 Å². The molecule has 0 spiro atoms. The van der Waals surface area contributed by atoms with Crippen LogP contribution in [-0.2, 0) is 27.2 Å². The fraction of sp³-hybridized carbons (Fsp3) is 1.00. The predicted octanol–water partition coefficient (Wildman–Crippen LogP) is 5.44. The molecule has 0 amide bonds. The zero-order chi connectivity index (χ0) is 20.3. The van der Waals surface area contributed by atoms with Gasteiger partial charge in [-0.1, -0.05) is 53.4 Å². The second-order valence-corrected chi connectivity index (χ2v) is 8.59. The van der Waals surface area contributed by atoms with E-state index in [2.05, 4.69) is 25.3 Å². The number of hydrogen-bond acceptors (Lipinski definition) is 6. The third-order valence-corrected chi connectivity index (χ3v) is 5.01. The maximum Gasteiger partial charge on any atom is 0.474 e. The molecule has 0 aliphatic carbocycles. The summed E-state index contributed by atoms with van der Waals surface area (Å²) in [6.07, 6.45) is 7.19. The van der Waals surface area contributed by atoms with Gasteiger partial charge in [-0.15, -0.1) is 0 Å². The predicted molar refractivity (Wildman–Crippen MR) is 103 cm³/mol. The topological polar surface area (TPSA) is 112 Å². The summed E-state index contributed by atoms with van der Waals surface area (Å²) in [5.41, 5.74) is 0. The van der Waals surface area contributed by atoms with Crippen LogP contribution in [0.25, 0.3) is 0 Å². The van der Waals surface area contributed by atoms with Crippen LogP contribution in [-0.4, -0.2) is 36.2 Å². The summed E-state index contributed by atoms with van der Waals surface area (Å²) in [6, 6.07) is 0. The smallest absolute Gasteiger partial charge is 0.303 e. The molecule has 0 radical (unpaired) electrons. The molecule has 0 aromatic carbocycles. The Morgan fingerprint density at radius 2 is 0.846 bits per heavy atom. The van der Waals surface area contributed by atoms with Crippen molar-refractivity contribution in [1.29, 1.82) is 0 Å². The van der Waals surface area contributed by atoms with E-state index in [9.17, 15) is 9.13 Å². The second kappa shape index (κ2) is 18.6. The fourth-order valence-electron chi connectivity index (χ4n) is 1.40. The monoisotopic (exact) mass is 420 g/mol. The average Bonchev–Trinajstić information content (AvgIpc) is 2.55. The van der Waals surface area contributed by atoms with Crippen LogP contribution < -0.4 is 0 Å². The highest BCUT2D eigenvalue weighted by Crippen LogP contribution is 2.49. The molecule has 0 aliphatic heterocycles. The average molecular weight is 420 g/mol. The Kier molecular flexibility index (Phi) is 20.3. The van der Waals surface area contributed by atoms with Crippen LogP contribution in [0.5, 0.6) is 0 Å². The van der Waals surface area contributed by atoms with E-state index in [0.29, 0.717) is 26.2 Å². The first-order chi connectivity index (χ1) is 12.2. The van der Waals surface area contributed by atoms with E-state index in [4.69, 9.17) is 23.4 Å². The van der Waals surface area contributed by atoms with Crippen molar-refractivity contribution in [3.63, 3.8) is 0 Å². The van der Waals surface area contributed by atoms with E-state index in [1.165, 1.54) is 0 Å². The summed E-state index contributed by atoms with van der Waals surface area (Å²) in [6.45, 7) is 9.55. The third-order valence-electron chi connectivity index (χ3n) is 3.00. The van der Waals surface area contributed by atoms with Crippen molar-refractivity contribution in [3.05, 3.63) is 0 Å². The molecule has 0 saturated heterocycles. The Labute approximate surface area is 158 Å². The summed E-state index contributed by atoms with van der Waals surface area (Å²) < 4.78 is 42.1. The minimum absolute atomic E-state index is 0.140. The second-order valence-electron chi connectivity index (χ2n) is 5.68. The van der Waals surface area contributed by atoms with Gasteiger partial charge in [0.15, 0.2) is 0 Å². The Morgan fingerprint density at radius 1 is 0.577 bits per heavy atom. The highest BCUT2D eigenvalue weighted by molar-refractivity contribution is 7.48. The Morgan fingerprint density at radius 3 is 1.08 bits per heavy atom. The summed E-state index contributed by atoms with van der Waals surface area (Å²) in [5.74, 6) is 0. The summed E-state index contributed by atoms with van der Waals surface area (Å²) in [4.78, 5) is 16.3. The zero-order valence-electron chi connectivity index (χ0n) is 16.7. The molecule has 8 nitrogen and oxygen atoms in total.